The molecular weight excluding hydrogens is 698 g/mol. The minimum Gasteiger partial charge on any atom is -0.310 e. The van der Waals surface area contributed by atoms with Crippen molar-refractivity contribution in [2.45, 2.75) is 0 Å². The van der Waals surface area contributed by atoms with Crippen LogP contribution < -0.4 is 32.8 Å². The Bertz CT molecular complexity index is 3240. The Balaban J connectivity index is 1.29. The summed E-state index contributed by atoms with van der Waals surface area (Å²) in [6, 6.07) is 76.8. The Morgan fingerprint density at radius 2 is 0.638 bits per heavy atom. The fraction of sp³-hybridized carbons (Fsp3) is 0. The molecule has 0 saturated heterocycles. The number of nitrogens with zero attached hydrogens (tertiary/aromatic N) is 2. The molecule has 0 bridgehead atoms. The second-order valence-corrected chi connectivity index (χ2v) is 15.9. The molecule has 0 unspecified atom stereocenters. The lowest BCUT2D eigenvalue weighted by Crippen LogP contribution is -2.60. The van der Waals surface area contributed by atoms with Crippen molar-refractivity contribution in [2.24, 2.45) is 0 Å². The highest BCUT2D eigenvalue weighted by molar-refractivity contribution is 7.03. The number of benzene rings is 9. The fourth-order valence-electron chi connectivity index (χ4n) is 10.9. The first kappa shape index (κ1) is 31.9. The monoisotopic (exact) mass is 732 g/mol. The summed E-state index contributed by atoms with van der Waals surface area (Å²) >= 11 is 0. The molecule has 0 radical (unpaired) electrons. The number of aromatic nitrogens is 2. The van der Waals surface area contributed by atoms with Gasteiger partial charge in [-0.2, -0.15) is 0 Å². The van der Waals surface area contributed by atoms with Gasteiger partial charge >= 0.3 is 0 Å². The maximum atomic E-state index is 2.61. The van der Waals surface area contributed by atoms with Gasteiger partial charge in [-0.05, 0) is 68.4 Å². The Hall–Kier alpha value is -7.29. The van der Waals surface area contributed by atoms with Gasteiger partial charge in [0.25, 0.3) is 0 Å². The molecule has 0 atom stereocenters. The summed E-state index contributed by atoms with van der Waals surface area (Å²) in [5.41, 5.74) is 20.7. The molecule has 4 heteroatoms. The maximum Gasteiger partial charge on any atom is 0.248 e. The summed E-state index contributed by atoms with van der Waals surface area (Å²) in [6.45, 7) is -0.0418. The van der Waals surface area contributed by atoms with E-state index in [2.05, 4.69) is 215 Å². The van der Waals surface area contributed by atoms with Crippen molar-refractivity contribution in [3.05, 3.63) is 206 Å². The van der Waals surface area contributed by atoms with E-state index in [0.717, 1.165) is 0 Å². The van der Waals surface area contributed by atoms with Crippen molar-refractivity contribution < 1.29 is 0 Å². The summed E-state index contributed by atoms with van der Waals surface area (Å²) in [5.74, 6) is 0. The van der Waals surface area contributed by atoms with Crippen LogP contribution in [0.5, 0.6) is 0 Å². The highest BCUT2D eigenvalue weighted by Gasteiger charge is 2.43. The molecule has 11 aromatic rings. The van der Waals surface area contributed by atoms with Crippen LogP contribution in [-0.2, 0) is 0 Å². The molecule has 0 aliphatic carbocycles. The lowest BCUT2D eigenvalue weighted by atomic mass is 9.31. The Morgan fingerprint density at radius 1 is 0.293 bits per heavy atom. The largest absolute Gasteiger partial charge is 0.310 e. The normalized spacial score (nSPS) is 12.8. The van der Waals surface area contributed by atoms with Crippen LogP contribution in [0.15, 0.2) is 206 Å². The van der Waals surface area contributed by atoms with Crippen LogP contribution in [0.3, 0.4) is 0 Å². The summed E-state index contributed by atoms with van der Waals surface area (Å²) in [7, 11) is 0. The van der Waals surface area contributed by atoms with Crippen molar-refractivity contribution in [3.63, 3.8) is 0 Å². The molecule has 0 N–H and O–H groups in total. The van der Waals surface area contributed by atoms with Gasteiger partial charge in [0, 0.05) is 44.0 Å². The van der Waals surface area contributed by atoms with Crippen molar-refractivity contribution in [2.75, 3.05) is 0 Å². The summed E-state index contributed by atoms with van der Waals surface area (Å²) in [4.78, 5) is 0. The van der Waals surface area contributed by atoms with Crippen LogP contribution >= 0.6 is 0 Å². The van der Waals surface area contributed by atoms with Crippen molar-refractivity contribution in [1.29, 1.82) is 0 Å². The van der Waals surface area contributed by atoms with Crippen LogP contribution in [0.4, 0.5) is 0 Å². The van der Waals surface area contributed by atoms with E-state index in [0.29, 0.717) is 0 Å². The van der Waals surface area contributed by atoms with Crippen molar-refractivity contribution >= 4 is 89.8 Å². The van der Waals surface area contributed by atoms with Crippen LogP contribution in [0.2, 0.25) is 0 Å². The molecule has 266 valence electrons. The van der Waals surface area contributed by atoms with Crippen molar-refractivity contribution in [1.82, 2.24) is 9.13 Å². The molecule has 2 aliphatic heterocycles. The molecule has 0 saturated carbocycles. The van der Waals surface area contributed by atoms with Crippen LogP contribution in [0.25, 0.3) is 77.2 Å². The Kier molecular flexibility index (Phi) is 6.65. The van der Waals surface area contributed by atoms with Gasteiger partial charge in [0.2, 0.25) is 13.4 Å². The van der Waals surface area contributed by atoms with Crippen LogP contribution in [-0.4, -0.2) is 22.6 Å². The number of hydrogen-bond donors (Lipinski definition) is 0. The quantitative estimate of drug-likeness (QED) is 0.160. The minimum absolute atomic E-state index is 0.0209. The molecule has 58 heavy (non-hydrogen) atoms. The Morgan fingerprint density at radius 3 is 1.09 bits per heavy atom. The van der Waals surface area contributed by atoms with Crippen molar-refractivity contribution in [3.8, 4) is 33.6 Å². The van der Waals surface area contributed by atoms with E-state index in [1.807, 2.05) is 0 Å². The SMILES string of the molecule is c1ccc(-c2ccccc2B2c3ccccc3-n3c4ccccc4c4c5c6c(c2c43)c2ccccc2n6-c2ccccc2B5c2ccccc2-c2ccccc2)cc1. The zero-order valence-corrected chi connectivity index (χ0v) is 31.7. The molecule has 2 nitrogen and oxygen atoms in total. The lowest BCUT2D eigenvalue weighted by molar-refractivity contribution is 1.18. The van der Waals surface area contributed by atoms with Gasteiger partial charge in [0.05, 0.1) is 11.0 Å². The molecule has 4 heterocycles. The second-order valence-electron chi connectivity index (χ2n) is 15.9. The molecule has 9 aromatic carbocycles. The lowest BCUT2D eigenvalue weighted by Gasteiger charge is -2.33. The highest BCUT2D eigenvalue weighted by Crippen LogP contribution is 2.41. The summed E-state index contributed by atoms with van der Waals surface area (Å²) < 4.78 is 5.22. The average molecular weight is 733 g/mol. The first-order valence-electron chi connectivity index (χ1n) is 20.4. The smallest absolute Gasteiger partial charge is 0.248 e. The third-order valence-corrected chi connectivity index (χ3v) is 13.1. The predicted molar refractivity (Wildman–Crippen MR) is 248 cm³/mol. The van der Waals surface area contributed by atoms with E-state index in [4.69, 9.17) is 0 Å². The fourth-order valence-corrected chi connectivity index (χ4v) is 10.9. The van der Waals surface area contributed by atoms with E-state index < -0.39 is 0 Å². The predicted octanol–water partition coefficient (Wildman–Crippen LogP) is 8.87. The molecule has 2 aliphatic rings. The summed E-state index contributed by atoms with van der Waals surface area (Å²) in [6.07, 6.45) is 0. The minimum atomic E-state index is -0.0209. The molecule has 0 fully saturated rings. The van der Waals surface area contributed by atoms with E-state index in [1.54, 1.807) is 0 Å². The highest BCUT2D eigenvalue weighted by atomic mass is 15.0. The molecular formula is C54H34B2N2. The van der Waals surface area contributed by atoms with Crippen LogP contribution in [0.1, 0.15) is 0 Å². The molecule has 2 aromatic heterocycles. The Labute approximate surface area is 337 Å². The van der Waals surface area contributed by atoms with Gasteiger partial charge in [0.15, 0.2) is 0 Å². The third-order valence-electron chi connectivity index (χ3n) is 13.1. The topological polar surface area (TPSA) is 9.86 Å². The van der Waals surface area contributed by atoms with Gasteiger partial charge < -0.3 is 9.13 Å². The van der Waals surface area contributed by atoms with E-state index in [9.17, 15) is 0 Å². The van der Waals surface area contributed by atoms with E-state index in [1.165, 1.54) is 110 Å². The second kappa shape index (κ2) is 12.1. The number of hydrogen-bond acceptors (Lipinski definition) is 0. The van der Waals surface area contributed by atoms with Gasteiger partial charge in [-0.3, -0.25) is 0 Å². The van der Waals surface area contributed by atoms with Gasteiger partial charge in [0.1, 0.15) is 0 Å². The number of rotatable bonds is 4. The first-order chi connectivity index (χ1) is 28.9. The maximum absolute atomic E-state index is 2.61. The molecule has 13 rings (SSSR count). The average Bonchev–Trinajstić information content (AvgIpc) is 3.83. The zero-order valence-electron chi connectivity index (χ0n) is 31.7. The molecule has 0 amide bonds. The van der Waals surface area contributed by atoms with Gasteiger partial charge in [-0.15, -0.1) is 0 Å². The standard InChI is InChI=1S/C54H34B2N2/c1-3-19-35(20-4-1)37-23-7-11-27-41(37)55-43-29-13-17-33-47(43)57-46-32-16-10-26-40(46)50-52-54-49(51(55)53(50)57)39-25-9-15-31-45(39)58(54)48-34-18-14-30-44(48)56(52)42-28-12-8-24-38(42)36-21-5-2-6-22-36/h1-34H. The van der Waals surface area contributed by atoms with Gasteiger partial charge in [-0.1, -0.05) is 193 Å². The van der Waals surface area contributed by atoms with E-state index >= 15 is 0 Å². The van der Waals surface area contributed by atoms with Gasteiger partial charge in [-0.25, -0.2) is 0 Å². The third kappa shape index (κ3) is 4.19. The number of para-hydroxylation sites is 4. The van der Waals surface area contributed by atoms with Crippen LogP contribution in [0, 0.1) is 0 Å². The molecule has 0 spiro atoms. The number of fused-ring (bicyclic) bond motifs is 12. The van der Waals surface area contributed by atoms with E-state index in [-0.39, 0.29) is 13.4 Å². The first-order valence-corrected chi connectivity index (χ1v) is 20.4. The zero-order chi connectivity index (χ0) is 37.9. The summed E-state index contributed by atoms with van der Waals surface area (Å²) in [5, 5.41) is 5.28.